The Kier molecular flexibility index (Phi) is 5.97. The number of nitrogens with zero attached hydrogens (tertiary/aromatic N) is 1. The molecule has 2 rings (SSSR count). The zero-order chi connectivity index (χ0) is 17.5. The number of rotatable bonds is 6. The van der Waals surface area contributed by atoms with Crippen LogP contribution in [0.25, 0.3) is 5.69 Å². The third kappa shape index (κ3) is 5.13. The van der Waals surface area contributed by atoms with E-state index in [1.807, 2.05) is 29.1 Å². The van der Waals surface area contributed by atoms with Gasteiger partial charge in [0.25, 0.3) is 0 Å². The number of carbonyl (C=O) groups excluding carboxylic acids is 3. The van der Waals surface area contributed by atoms with Gasteiger partial charge in [-0.2, -0.15) is 0 Å². The van der Waals surface area contributed by atoms with Crippen molar-refractivity contribution in [2.45, 2.75) is 6.92 Å². The SMILES string of the molecule is CC(=O)NCC(=O)NCC(=O)Nc1ccc(Cl)cc1-n1cccc1. The summed E-state index contributed by atoms with van der Waals surface area (Å²) in [5.41, 5.74) is 1.28. The number of hydrogen-bond acceptors (Lipinski definition) is 3. The molecule has 126 valence electrons. The van der Waals surface area contributed by atoms with E-state index in [2.05, 4.69) is 16.0 Å². The molecule has 3 amide bonds. The summed E-state index contributed by atoms with van der Waals surface area (Å²) in [4.78, 5) is 34.2. The standard InChI is InChI=1S/C16H17ClN4O3/c1-11(22)18-9-15(23)19-10-16(24)20-13-5-4-12(17)8-14(13)21-6-2-3-7-21/h2-8H,9-10H2,1H3,(H,18,22)(H,19,23)(H,20,24). The minimum atomic E-state index is -0.443. The molecule has 1 aromatic carbocycles. The van der Waals surface area contributed by atoms with Crippen LogP contribution in [-0.4, -0.2) is 35.4 Å². The van der Waals surface area contributed by atoms with Gasteiger partial charge in [-0.05, 0) is 30.3 Å². The maximum absolute atomic E-state index is 12.0. The Labute approximate surface area is 144 Å². The Bertz CT molecular complexity index is 744. The van der Waals surface area contributed by atoms with E-state index in [1.165, 1.54) is 6.92 Å². The molecule has 0 atom stereocenters. The van der Waals surface area contributed by atoms with Crippen LogP contribution < -0.4 is 16.0 Å². The van der Waals surface area contributed by atoms with Gasteiger partial charge in [0.05, 0.1) is 24.5 Å². The van der Waals surface area contributed by atoms with E-state index in [-0.39, 0.29) is 24.9 Å². The highest BCUT2D eigenvalue weighted by molar-refractivity contribution is 6.31. The first-order valence-electron chi connectivity index (χ1n) is 7.19. The van der Waals surface area contributed by atoms with Gasteiger partial charge < -0.3 is 20.5 Å². The van der Waals surface area contributed by atoms with Crippen LogP contribution in [0.5, 0.6) is 0 Å². The summed E-state index contributed by atoms with van der Waals surface area (Å²) in [6.45, 7) is 0.938. The Morgan fingerprint density at radius 1 is 1.04 bits per heavy atom. The molecule has 0 aliphatic carbocycles. The second-order valence-electron chi connectivity index (χ2n) is 4.99. The first-order chi connectivity index (χ1) is 11.5. The van der Waals surface area contributed by atoms with Crippen LogP contribution in [0.3, 0.4) is 0 Å². The molecule has 1 aromatic heterocycles. The monoisotopic (exact) mass is 348 g/mol. The molecule has 1 heterocycles. The predicted octanol–water partition coefficient (Wildman–Crippen LogP) is 1.32. The Morgan fingerprint density at radius 3 is 2.38 bits per heavy atom. The number of benzene rings is 1. The Morgan fingerprint density at radius 2 is 1.71 bits per heavy atom. The first kappa shape index (κ1) is 17.6. The number of nitrogens with one attached hydrogen (secondary N) is 3. The topological polar surface area (TPSA) is 92.2 Å². The predicted molar refractivity (Wildman–Crippen MR) is 91.1 cm³/mol. The van der Waals surface area contributed by atoms with E-state index in [0.717, 1.165) is 0 Å². The second-order valence-corrected chi connectivity index (χ2v) is 5.42. The van der Waals surface area contributed by atoms with Gasteiger partial charge in [-0.25, -0.2) is 0 Å². The van der Waals surface area contributed by atoms with E-state index in [1.54, 1.807) is 18.2 Å². The number of aromatic nitrogens is 1. The van der Waals surface area contributed by atoms with Gasteiger partial charge in [0.1, 0.15) is 0 Å². The van der Waals surface area contributed by atoms with Crippen molar-refractivity contribution in [1.29, 1.82) is 0 Å². The highest BCUT2D eigenvalue weighted by Crippen LogP contribution is 2.24. The van der Waals surface area contributed by atoms with Crippen LogP contribution in [0.15, 0.2) is 42.7 Å². The summed E-state index contributed by atoms with van der Waals surface area (Å²) >= 11 is 6.02. The van der Waals surface area contributed by atoms with Crippen LogP contribution in [-0.2, 0) is 14.4 Å². The molecule has 0 spiro atoms. The van der Waals surface area contributed by atoms with Crippen molar-refractivity contribution < 1.29 is 14.4 Å². The number of halogens is 1. The van der Waals surface area contributed by atoms with Crippen LogP contribution in [0.2, 0.25) is 5.02 Å². The first-order valence-corrected chi connectivity index (χ1v) is 7.57. The summed E-state index contributed by atoms with van der Waals surface area (Å²) in [7, 11) is 0. The molecular weight excluding hydrogens is 332 g/mol. The van der Waals surface area contributed by atoms with Crippen molar-refractivity contribution in [3.05, 3.63) is 47.7 Å². The van der Waals surface area contributed by atoms with Gasteiger partial charge in [0, 0.05) is 24.3 Å². The molecule has 0 saturated carbocycles. The Hall–Kier alpha value is -2.80. The van der Waals surface area contributed by atoms with E-state index < -0.39 is 5.91 Å². The minimum Gasteiger partial charge on any atom is -0.347 e. The lowest BCUT2D eigenvalue weighted by atomic mass is 10.2. The normalized spacial score (nSPS) is 10.1. The van der Waals surface area contributed by atoms with Crippen molar-refractivity contribution >= 4 is 35.0 Å². The quantitative estimate of drug-likeness (QED) is 0.735. The summed E-state index contributed by atoms with van der Waals surface area (Å²) in [5.74, 6) is -1.14. The average molecular weight is 349 g/mol. The van der Waals surface area contributed by atoms with Crippen molar-refractivity contribution in [1.82, 2.24) is 15.2 Å². The highest BCUT2D eigenvalue weighted by Gasteiger charge is 2.10. The van der Waals surface area contributed by atoms with E-state index in [0.29, 0.717) is 16.4 Å². The van der Waals surface area contributed by atoms with E-state index >= 15 is 0 Å². The summed E-state index contributed by atoms with van der Waals surface area (Å²) < 4.78 is 1.82. The third-order valence-electron chi connectivity index (χ3n) is 3.06. The van der Waals surface area contributed by atoms with Crippen molar-refractivity contribution in [2.75, 3.05) is 18.4 Å². The van der Waals surface area contributed by atoms with Gasteiger partial charge in [0.15, 0.2) is 0 Å². The molecule has 3 N–H and O–H groups in total. The minimum absolute atomic E-state index is 0.168. The number of amides is 3. The smallest absolute Gasteiger partial charge is 0.243 e. The average Bonchev–Trinajstić information content (AvgIpc) is 3.07. The number of hydrogen-bond donors (Lipinski definition) is 3. The molecule has 0 aliphatic heterocycles. The fourth-order valence-electron chi connectivity index (χ4n) is 1.96. The second kappa shape index (κ2) is 8.16. The van der Waals surface area contributed by atoms with E-state index in [9.17, 15) is 14.4 Å². The van der Waals surface area contributed by atoms with Gasteiger partial charge >= 0.3 is 0 Å². The summed E-state index contributed by atoms with van der Waals surface area (Å²) in [5, 5.41) is 8.04. The molecule has 7 nitrogen and oxygen atoms in total. The molecule has 0 aliphatic rings. The lowest BCUT2D eigenvalue weighted by molar-refractivity contribution is -0.126. The lowest BCUT2D eigenvalue weighted by Gasteiger charge is -2.13. The largest absolute Gasteiger partial charge is 0.347 e. The zero-order valence-electron chi connectivity index (χ0n) is 13.0. The van der Waals surface area contributed by atoms with Gasteiger partial charge in [-0.1, -0.05) is 11.6 Å². The molecule has 24 heavy (non-hydrogen) atoms. The van der Waals surface area contributed by atoms with Crippen LogP contribution in [0.1, 0.15) is 6.92 Å². The van der Waals surface area contributed by atoms with Gasteiger partial charge in [0.2, 0.25) is 17.7 Å². The Balaban J connectivity index is 1.97. The van der Waals surface area contributed by atoms with Crippen molar-refractivity contribution in [2.24, 2.45) is 0 Å². The lowest BCUT2D eigenvalue weighted by Crippen LogP contribution is -2.39. The molecule has 0 unspecified atom stereocenters. The summed E-state index contributed by atoms with van der Waals surface area (Å²) in [6, 6.07) is 8.80. The van der Waals surface area contributed by atoms with Crippen molar-refractivity contribution in [3.8, 4) is 5.69 Å². The number of anilines is 1. The molecule has 0 bridgehead atoms. The van der Waals surface area contributed by atoms with Gasteiger partial charge in [-0.3, -0.25) is 14.4 Å². The third-order valence-corrected chi connectivity index (χ3v) is 3.30. The summed E-state index contributed by atoms with van der Waals surface area (Å²) in [6.07, 6.45) is 3.66. The molecular formula is C16H17ClN4O3. The zero-order valence-corrected chi connectivity index (χ0v) is 13.8. The van der Waals surface area contributed by atoms with Crippen LogP contribution >= 0.6 is 11.6 Å². The number of carbonyl (C=O) groups is 3. The fraction of sp³-hybridized carbons (Fsp3) is 0.188. The molecule has 0 saturated heterocycles. The van der Waals surface area contributed by atoms with Gasteiger partial charge in [-0.15, -0.1) is 0 Å². The fourth-order valence-corrected chi connectivity index (χ4v) is 2.13. The maximum atomic E-state index is 12.0. The molecule has 2 aromatic rings. The molecule has 0 fully saturated rings. The maximum Gasteiger partial charge on any atom is 0.243 e. The van der Waals surface area contributed by atoms with E-state index in [4.69, 9.17) is 11.6 Å². The highest BCUT2D eigenvalue weighted by atomic mass is 35.5. The van der Waals surface area contributed by atoms with Crippen molar-refractivity contribution in [3.63, 3.8) is 0 Å². The molecule has 8 heteroatoms. The van der Waals surface area contributed by atoms with Crippen LogP contribution in [0, 0.1) is 0 Å². The molecule has 0 radical (unpaired) electrons. The van der Waals surface area contributed by atoms with Crippen LogP contribution in [0.4, 0.5) is 5.69 Å².